The third-order valence-electron chi connectivity index (χ3n) is 2.64. The number of aromatic carboxylic acids is 1. The Kier molecular flexibility index (Phi) is 4.34. The third-order valence-corrected chi connectivity index (χ3v) is 4.37. The monoisotopic (exact) mass is 370 g/mol. The molecule has 1 N–H and O–H groups in total. The normalized spacial score (nSPS) is 11.1. The van der Waals surface area contributed by atoms with Crippen LogP contribution in [-0.4, -0.2) is 25.7 Å². The van der Waals surface area contributed by atoms with Gasteiger partial charge in [-0.2, -0.15) is 0 Å². The van der Waals surface area contributed by atoms with Gasteiger partial charge in [0, 0.05) is 6.26 Å². The van der Waals surface area contributed by atoms with Crippen LogP contribution in [0.4, 0.5) is 0 Å². The first-order valence-corrected chi connectivity index (χ1v) is 8.46. The molecule has 0 heterocycles. The first-order valence-electron chi connectivity index (χ1n) is 5.78. The summed E-state index contributed by atoms with van der Waals surface area (Å²) in [6.45, 7) is 0. The molecule has 0 atom stereocenters. The van der Waals surface area contributed by atoms with Crippen molar-refractivity contribution in [1.82, 2.24) is 0 Å². The molecule has 21 heavy (non-hydrogen) atoms. The van der Waals surface area contributed by atoms with Gasteiger partial charge in [-0.15, -0.1) is 0 Å². The van der Waals surface area contributed by atoms with Crippen LogP contribution in [0.2, 0.25) is 0 Å². The zero-order valence-electron chi connectivity index (χ0n) is 10.9. The van der Waals surface area contributed by atoms with E-state index in [4.69, 9.17) is 9.84 Å². The van der Waals surface area contributed by atoms with Gasteiger partial charge in [0.25, 0.3) is 0 Å². The van der Waals surface area contributed by atoms with E-state index in [0.717, 1.165) is 6.26 Å². The van der Waals surface area contributed by atoms with Crippen molar-refractivity contribution in [3.8, 4) is 11.5 Å². The molecule has 0 unspecified atom stereocenters. The van der Waals surface area contributed by atoms with E-state index in [1.54, 1.807) is 12.1 Å². The fourth-order valence-corrected chi connectivity index (χ4v) is 2.73. The number of hydrogen-bond donors (Lipinski definition) is 1. The van der Waals surface area contributed by atoms with Crippen LogP contribution >= 0.6 is 15.9 Å². The second-order valence-electron chi connectivity index (χ2n) is 4.30. The molecule has 2 aromatic rings. The Balaban J connectivity index is 2.33. The smallest absolute Gasteiger partial charge is 0.335 e. The van der Waals surface area contributed by atoms with Crippen molar-refractivity contribution < 1.29 is 23.1 Å². The molecule has 0 saturated carbocycles. The van der Waals surface area contributed by atoms with Crippen molar-refractivity contribution in [1.29, 1.82) is 0 Å². The van der Waals surface area contributed by atoms with Crippen molar-refractivity contribution in [2.24, 2.45) is 0 Å². The van der Waals surface area contributed by atoms with Crippen LogP contribution in [0.1, 0.15) is 10.4 Å². The van der Waals surface area contributed by atoms with Gasteiger partial charge in [0.15, 0.2) is 9.84 Å². The molecule has 2 rings (SSSR count). The van der Waals surface area contributed by atoms with E-state index in [0.29, 0.717) is 16.0 Å². The van der Waals surface area contributed by atoms with E-state index in [2.05, 4.69) is 15.9 Å². The molecule has 5 nitrogen and oxygen atoms in total. The summed E-state index contributed by atoms with van der Waals surface area (Å²) in [6.07, 6.45) is 1.11. The highest BCUT2D eigenvalue weighted by Gasteiger charge is 2.11. The van der Waals surface area contributed by atoms with Crippen LogP contribution in [0.15, 0.2) is 51.8 Å². The number of halogens is 1. The summed E-state index contributed by atoms with van der Waals surface area (Å²) in [5.41, 5.74) is 0.124. The zero-order chi connectivity index (χ0) is 15.6. The second-order valence-corrected chi connectivity index (χ2v) is 7.17. The maximum atomic E-state index is 11.5. The summed E-state index contributed by atoms with van der Waals surface area (Å²) < 4.78 is 29.0. The summed E-state index contributed by atoms with van der Waals surface area (Å²) in [4.78, 5) is 11.0. The molecule has 0 saturated heterocycles. The van der Waals surface area contributed by atoms with Crippen molar-refractivity contribution in [3.05, 3.63) is 52.5 Å². The fourth-order valence-electron chi connectivity index (χ4n) is 1.61. The third kappa shape index (κ3) is 3.83. The Hall–Kier alpha value is -1.86. The number of sulfone groups is 1. The first-order chi connectivity index (χ1) is 9.77. The van der Waals surface area contributed by atoms with Crippen molar-refractivity contribution >= 4 is 31.7 Å². The van der Waals surface area contributed by atoms with Crippen molar-refractivity contribution in [2.75, 3.05) is 6.26 Å². The van der Waals surface area contributed by atoms with Gasteiger partial charge in [-0.3, -0.25) is 0 Å². The SMILES string of the molecule is CS(=O)(=O)c1cccc(Oc2ccc(C(=O)O)cc2Br)c1. The minimum Gasteiger partial charge on any atom is -0.478 e. The Morgan fingerprint density at radius 3 is 2.48 bits per heavy atom. The van der Waals surface area contributed by atoms with Crippen LogP contribution in [0.3, 0.4) is 0 Å². The lowest BCUT2D eigenvalue weighted by atomic mass is 10.2. The van der Waals surface area contributed by atoms with Gasteiger partial charge >= 0.3 is 5.97 Å². The van der Waals surface area contributed by atoms with Gasteiger partial charge in [-0.1, -0.05) is 6.07 Å². The standard InChI is InChI=1S/C14H11BrO5S/c1-21(18,19)11-4-2-3-10(8-11)20-13-6-5-9(14(16)17)7-12(13)15/h2-8H,1H3,(H,16,17). The molecule has 0 amide bonds. The van der Waals surface area contributed by atoms with Gasteiger partial charge in [0.2, 0.25) is 0 Å². The number of ether oxygens (including phenoxy) is 1. The maximum Gasteiger partial charge on any atom is 0.335 e. The molecule has 0 spiro atoms. The fraction of sp³-hybridized carbons (Fsp3) is 0.0714. The zero-order valence-corrected chi connectivity index (χ0v) is 13.3. The largest absolute Gasteiger partial charge is 0.478 e. The van der Waals surface area contributed by atoms with E-state index < -0.39 is 15.8 Å². The topological polar surface area (TPSA) is 80.7 Å². The minimum absolute atomic E-state index is 0.124. The van der Waals surface area contributed by atoms with Crippen LogP contribution < -0.4 is 4.74 Å². The molecule has 2 aromatic carbocycles. The minimum atomic E-state index is -3.32. The summed E-state index contributed by atoms with van der Waals surface area (Å²) in [6, 6.07) is 10.4. The number of hydrogen-bond acceptors (Lipinski definition) is 4. The lowest BCUT2D eigenvalue weighted by Gasteiger charge is -2.09. The molecule has 110 valence electrons. The molecule has 0 aromatic heterocycles. The first kappa shape index (κ1) is 15.5. The van der Waals surface area contributed by atoms with Crippen LogP contribution in [0, 0.1) is 0 Å². The van der Waals surface area contributed by atoms with E-state index >= 15 is 0 Å². The summed E-state index contributed by atoms with van der Waals surface area (Å²) in [5.74, 6) is -0.298. The molecular weight excluding hydrogens is 360 g/mol. The van der Waals surface area contributed by atoms with E-state index in [1.165, 1.54) is 30.3 Å². The van der Waals surface area contributed by atoms with Gasteiger partial charge in [-0.25, -0.2) is 13.2 Å². The Morgan fingerprint density at radius 1 is 1.19 bits per heavy atom. The van der Waals surface area contributed by atoms with Gasteiger partial charge < -0.3 is 9.84 Å². The average Bonchev–Trinajstić information content (AvgIpc) is 2.40. The van der Waals surface area contributed by atoms with Crippen molar-refractivity contribution in [2.45, 2.75) is 4.90 Å². The molecule has 0 aliphatic rings. The Bertz CT molecular complexity index is 799. The molecule has 0 fully saturated rings. The highest BCUT2D eigenvalue weighted by Crippen LogP contribution is 2.31. The van der Waals surface area contributed by atoms with E-state index in [1.807, 2.05) is 0 Å². The highest BCUT2D eigenvalue weighted by molar-refractivity contribution is 9.10. The summed E-state index contributed by atoms with van der Waals surface area (Å²) >= 11 is 3.22. The van der Waals surface area contributed by atoms with Crippen LogP contribution in [-0.2, 0) is 9.84 Å². The molecule has 0 radical (unpaired) electrons. The van der Waals surface area contributed by atoms with Gasteiger partial charge in [0.05, 0.1) is 14.9 Å². The number of rotatable bonds is 4. The quantitative estimate of drug-likeness (QED) is 0.892. The predicted molar refractivity (Wildman–Crippen MR) is 80.7 cm³/mol. The van der Waals surface area contributed by atoms with Gasteiger partial charge in [-0.05, 0) is 52.3 Å². The Labute approximate surface area is 130 Å². The average molecular weight is 371 g/mol. The number of benzene rings is 2. The molecule has 0 aliphatic carbocycles. The van der Waals surface area contributed by atoms with E-state index in [9.17, 15) is 13.2 Å². The number of carbonyl (C=O) groups is 1. The van der Waals surface area contributed by atoms with Crippen molar-refractivity contribution in [3.63, 3.8) is 0 Å². The van der Waals surface area contributed by atoms with E-state index in [-0.39, 0.29) is 10.5 Å². The molecule has 0 bridgehead atoms. The summed E-state index contributed by atoms with van der Waals surface area (Å²) in [5, 5.41) is 8.89. The Morgan fingerprint density at radius 2 is 1.90 bits per heavy atom. The number of carboxylic acids is 1. The number of carboxylic acid groups (broad SMARTS) is 1. The predicted octanol–water partition coefficient (Wildman–Crippen LogP) is 3.34. The second kappa shape index (κ2) is 5.87. The molecule has 0 aliphatic heterocycles. The molecule has 7 heteroatoms. The van der Waals surface area contributed by atoms with Crippen LogP contribution in [0.5, 0.6) is 11.5 Å². The van der Waals surface area contributed by atoms with Gasteiger partial charge in [0.1, 0.15) is 11.5 Å². The lowest BCUT2D eigenvalue weighted by Crippen LogP contribution is -1.98. The lowest BCUT2D eigenvalue weighted by molar-refractivity contribution is 0.0697. The summed E-state index contributed by atoms with van der Waals surface area (Å²) in [7, 11) is -3.32. The maximum absolute atomic E-state index is 11.5. The van der Waals surface area contributed by atoms with Crippen LogP contribution in [0.25, 0.3) is 0 Å². The molecular formula is C14H11BrO5S. The highest BCUT2D eigenvalue weighted by atomic mass is 79.9.